The first-order valence-corrected chi connectivity index (χ1v) is 4.99. The van der Waals surface area contributed by atoms with Crippen LogP contribution in [-0.4, -0.2) is 31.3 Å². The smallest absolute Gasteiger partial charge is 0.135 e. The number of morpholine rings is 1. The Morgan fingerprint density at radius 1 is 1.38 bits per heavy atom. The molecule has 0 amide bonds. The van der Waals surface area contributed by atoms with E-state index >= 15 is 0 Å². The number of hydrogen-bond acceptors (Lipinski definition) is 3. The van der Waals surface area contributed by atoms with Crippen molar-refractivity contribution in [2.45, 2.75) is 0 Å². The van der Waals surface area contributed by atoms with Gasteiger partial charge in [0.05, 0.1) is 13.2 Å². The van der Waals surface area contributed by atoms with Gasteiger partial charge < -0.3 is 9.64 Å². The highest BCUT2D eigenvalue weighted by Crippen LogP contribution is 2.11. The van der Waals surface area contributed by atoms with Crippen LogP contribution in [0.15, 0.2) is 18.3 Å². The third-order valence-electron chi connectivity index (χ3n) is 2.13. The second kappa shape index (κ2) is 4.03. The Bertz CT molecular complexity index is 287. The van der Waals surface area contributed by atoms with Crippen LogP contribution in [0.25, 0.3) is 0 Å². The highest BCUT2D eigenvalue weighted by Gasteiger charge is 2.13. The van der Waals surface area contributed by atoms with E-state index < -0.39 is 0 Å². The minimum Gasteiger partial charge on any atom is -0.378 e. The molecule has 2 heterocycles. The van der Waals surface area contributed by atoms with Gasteiger partial charge in [-0.1, -0.05) is 0 Å². The maximum Gasteiger partial charge on any atom is 0.135 e. The van der Waals surface area contributed by atoms with E-state index in [1.807, 2.05) is 12.3 Å². The Balaban J connectivity index is 2.18. The molecule has 4 heteroatoms. The van der Waals surface area contributed by atoms with Gasteiger partial charge in [0.2, 0.25) is 0 Å². The molecule has 1 aliphatic rings. The minimum atomic E-state index is 0.806. The van der Waals surface area contributed by atoms with Crippen LogP contribution in [0.1, 0.15) is 0 Å². The Morgan fingerprint density at radius 3 is 2.85 bits per heavy atom. The molecule has 0 aliphatic carbocycles. The standard InChI is InChI=1S/C9H13N2OP/c13-8-2-1-3-10-9(8)11-4-6-12-7-5-11/h1-3H,4-7,13H2. The highest BCUT2D eigenvalue weighted by molar-refractivity contribution is 7.28. The monoisotopic (exact) mass is 196 g/mol. The molecular formula is C9H13N2OP. The molecular weight excluding hydrogens is 183 g/mol. The summed E-state index contributed by atoms with van der Waals surface area (Å²) in [6, 6.07) is 4.01. The van der Waals surface area contributed by atoms with Crippen LogP contribution >= 0.6 is 9.24 Å². The number of hydrogen-bond donors (Lipinski definition) is 0. The van der Waals surface area contributed by atoms with Crippen LogP contribution in [0.4, 0.5) is 5.82 Å². The predicted octanol–water partition coefficient (Wildman–Crippen LogP) is 0.419. The Kier molecular flexibility index (Phi) is 2.77. The fourth-order valence-electron chi connectivity index (χ4n) is 1.45. The fraction of sp³-hybridized carbons (Fsp3) is 0.444. The molecule has 0 N–H and O–H groups in total. The van der Waals surface area contributed by atoms with E-state index in [4.69, 9.17) is 4.74 Å². The zero-order chi connectivity index (χ0) is 9.10. The number of ether oxygens (including phenoxy) is 1. The molecule has 70 valence electrons. The number of aromatic nitrogens is 1. The molecule has 1 aliphatic heterocycles. The van der Waals surface area contributed by atoms with Crippen LogP contribution < -0.4 is 10.2 Å². The summed E-state index contributed by atoms with van der Waals surface area (Å²) in [5.41, 5.74) is 0. The van der Waals surface area contributed by atoms with Gasteiger partial charge in [0.25, 0.3) is 0 Å². The van der Waals surface area contributed by atoms with Gasteiger partial charge in [-0.25, -0.2) is 4.98 Å². The van der Waals surface area contributed by atoms with Gasteiger partial charge in [-0.05, 0) is 12.1 Å². The molecule has 1 aromatic rings. The van der Waals surface area contributed by atoms with Crippen molar-refractivity contribution in [3.8, 4) is 0 Å². The first-order chi connectivity index (χ1) is 6.38. The van der Waals surface area contributed by atoms with Crippen LogP contribution in [0, 0.1) is 0 Å². The first kappa shape index (κ1) is 8.92. The molecule has 0 radical (unpaired) electrons. The molecule has 1 aromatic heterocycles. The lowest BCUT2D eigenvalue weighted by molar-refractivity contribution is 0.122. The third-order valence-corrected chi connectivity index (χ3v) is 2.58. The maximum atomic E-state index is 5.28. The molecule has 13 heavy (non-hydrogen) atoms. The largest absolute Gasteiger partial charge is 0.378 e. The van der Waals surface area contributed by atoms with Crippen molar-refractivity contribution in [2.75, 3.05) is 31.2 Å². The lowest BCUT2D eigenvalue weighted by Crippen LogP contribution is -2.38. The van der Waals surface area contributed by atoms with Gasteiger partial charge in [0, 0.05) is 24.6 Å². The SMILES string of the molecule is Pc1cccnc1N1CCOCC1. The first-order valence-electron chi connectivity index (χ1n) is 4.41. The van der Waals surface area contributed by atoms with Gasteiger partial charge in [-0.2, -0.15) is 0 Å². The fourth-order valence-corrected chi connectivity index (χ4v) is 1.82. The second-order valence-corrected chi connectivity index (χ2v) is 3.64. The molecule has 0 saturated carbocycles. The molecule has 1 saturated heterocycles. The zero-order valence-electron chi connectivity index (χ0n) is 7.44. The van der Waals surface area contributed by atoms with Gasteiger partial charge in [-0.3, -0.25) is 0 Å². The Hall–Kier alpha value is -0.660. The van der Waals surface area contributed by atoms with Crippen LogP contribution in [0.3, 0.4) is 0 Å². The lowest BCUT2D eigenvalue weighted by atomic mass is 10.4. The van der Waals surface area contributed by atoms with Crippen molar-refractivity contribution in [3.63, 3.8) is 0 Å². The van der Waals surface area contributed by atoms with Gasteiger partial charge in [-0.15, -0.1) is 9.24 Å². The highest BCUT2D eigenvalue weighted by atomic mass is 31.0. The van der Waals surface area contributed by atoms with E-state index in [9.17, 15) is 0 Å². The molecule has 0 aromatic carbocycles. The minimum absolute atomic E-state index is 0.806. The van der Waals surface area contributed by atoms with Gasteiger partial charge in [0.1, 0.15) is 5.82 Å². The summed E-state index contributed by atoms with van der Waals surface area (Å²) >= 11 is 0. The average Bonchev–Trinajstić information content (AvgIpc) is 2.20. The van der Waals surface area contributed by atoms with Crippen molar-refractivity contribution < 1.29 is 4.74 Å². The summed E-state index contributed by atoms with van der Waals surface area (Å²) in [7, 11) is 2.71. The van der Waals surface area contributed by atoms with E-state index in [0.29, 0.717) is 0 Å². The number of pyridine rings is 1. The van der Waals surface area contributed by atoms with E-state index in [1.165, 1.54) is 0 Å². The molecule has 2 rings (SSSR count). The van der Waals surface area contributed by atoms with Crippen molar-refractivity contribution in [1.82, 2.24) is 4.98 Å². The van der Waals surface area contributed by atoms with Crippen molar-refractivity contribution in [3.05, 3.63) is 18.3 Å². The van der Waals surface area contributed by atoms with E-state index in [-0.39, 0.29) is 0 Å². The molecule has 1 fully saturated rings. The van der Waals surface area contributed by atoms with E-state index in [1.54, 1.807) is 0 Å². The van der Waals surface area contributed by atoms with Crippen molar-refractivity contribution >= 4 is 20.4 Å². The Morgan fingerprint density at radius 2 is 2.15 bits per heavy atom. The quantitative estimate of drug-likeness (QED) is 0.609. The summed E-state index contributed by atoms with van der Waals surface area (Å²) in [4.78, 5) is 6.61. The normalized spacial score (nSPS) is 17.5. The number of nitrogens with zero attached hydrogens (tertiary/aromatic N) is 2. The van der Waals surface area contributed by atoms with Crippen LogP contribution in [-0.2, 0) is 4.74 Å². The predicted molar refractivity (Wildman–Crippen MR) is 56.6 cm³/mol. The third kappa shape index (κ3) is 1.98. The van der Waals surface area contributed by atoms with Gasteiger partial charge >= 0.3 is 0 Å². The van der Waals surface area contributed by atoms with Crippen LogP contribution in [0.5, 0.6) is 0 Å². The summed E-state index contributed by atoms with van der Waals surface area (Å²) in [5, 5.41) is 1.16. The average molecular weight is 196 g/mol. The number of rotatable bonds is 1. The number of anilines is 1. The summed E-state index contributed by atoms with van der Waals surface area (Å²) in [5.74, 6) is 1.07. The summed E-state index contributed by atoms with van der Waals surface area (Å²) in [6.45, 7) is 3.50. The molecule has 1 unspecified atom stereocenters. The van der Waals surface area contributed by atoms with Crippen LogP contribution in [0.2, 0.25) is 0 Å². The maximum absolute atomic E-state index is 5.28. The molecule has 1 atom stereocenters. The van der Waals surface area contributed by atoms with Gasteiger partial charge in [0.15, 0.2) is 0 Å². The zero-order valence-corrected chi connectivity index (χ0v) is 8.60. The Labute approximate surface area is 80.3 Å². The topological polar surface area (TPSA) is 25.4 Å². The molecule has 0 spiro atoms. The van der Waals surface area contributed by atoms with E-state index in [2.05, 4.69) is 25.2 Å². The van der Waals surface area contributed by atoms with Crippen molar-refractivity contribution in [2.24, 2.45) is 0 Å². The summed E-state index contributed by atoms with van der Waals surface area (Å²) < 4.78 is 5.28. The molecule has 0 bridgehead atoms. The second-order valence-electron chi connectivity index (χ2n) is 3.02. The molecule has 3 nitrogen and oxygen atoms in total. The van der Waals surface area contributed by atoms with Crippen molar-refractivity contribution in [1.29, 1.82) is 0 Å². The lowest BCUT2D eigenvalue weighted by Gasteiger charge is -2.28. The van der Waals surface area contributed by atoms with E-state index in [0.717, 1.165) is 37.4 Å². The summed E-state index contributed by atoms with van der Waals surface area (Å²) in [6.07, 6.45) is 1.83.